The van der Waals surface area contributed by atoms with E-state index in [1.165, 1.54) is 6.20 Å². The minimum Gasteiger partial charge on any atom is -0.295 e. The second-order valence-electron chi connectivity index (χ2n) is 4.76. The number of hydrogen-bond acceptors (Lipinski definition) is 3. The van der Waals surface area contributed by atoms with Crippen molar-refractivity contribution >= 4 is 11.8 Å². The van der Waals surface area contributed by atoms with E-state index in [1.54, 1.807) is 35.2 Å². The number of rotatable bonds is 3. The minimum absolute atomic E-state index is 0.324. The van der Waals surface area contributed by atoms with Gasteiger partial charge in [0.15, 0.2) is 0 Å². The Kier molecular flexibility index (Phi) is 4.15. The predicted molar refractivity (Wildman–Crippen MR) is 84.9 cm³/mol. The molecule has 0 saturated heterocycles. The molecular weight excluding hydrogens is 292 g/mol. The van der Waals surface area contributed by atoms with Crippen LogP contribution in [0.1, 0.15) is 20.8 Å². The van der Waals surface area contributed by atoms with Gasteiger partial charge in [-0.05, 0) is 24.3 Å². The van der Waals surface area contributed by atoms with E-state index >= 15 is 0 Å². The van der Waals surface area contributed by atoms with Crippen LogP contribution in [0, 0.1) is 0 Å². The summed E-state index contributed by atoms with van der Waals surface area (Å²) in [6.45, 7) is 0. The number of nitrogens with zero attached hydrogens (tertiary/aromatic N) is 2. The van der Waals surface area contributed by atoms with Crippen molar-refractivity contribution in [1.82, 2.24) is 20.4 Å². The predicted octanol–water partition coefficient (Wildman–Crippen LogP) is 1.95. The van der Waals surface area contributed by atoms with Gasteiger partial charge in [0.05, 0.1) is 12.5 Å². The van der Waals surface area contributed by atoms with Gasteiger partial charge in [-0.2, -0.15) is 0 Å². The molecule has 2 aromatic carbocycles. The third-order valence-corrected chi connectivity index (χ3v) is 3.23. The van der Waals surface area contributed by atoms with Crippen molar-refractivity contribution in [2.24, 2.45) is 0 Å². The first-order valence-electron chi connectivity index (χ1n) is 6.99. The van der Waals surface area contributed by atoms with Crippen LogP contribution in [0.5, 0.6) is 0 Å². The summed E-state index contributed by atoms with van der Waals surface area (Å²) in [5.41, 5.74) is 6.38. The van der Waals surface area contributed by atoms with Gasteiger partial charge in [0.1, 0.15) is 5.69 Å². The summed E-state index contributed by atoms with van der Waals surface area (Å²) in [5, 5.41) is 0. The van der Waals surface area contributed by atoms with Crippen LogP contribution in [-0.4, -0.2) is 21.4 Å². The quantitative estimate of drug-likeness (QED) is 0.726. The normalized spacial score (nSPS) is 10.1. The number of carbonyl (C=O) groups excluding carboxylic acids is 2. The van der Waals surface area contributed by atoms with Crippen LogP contribution in [0.4, 0.5) is 0 Å². The van der Waals surface area contributed by atoms with Gasteiger partial charge in [-0.1, -0.05) is 36.4 Å². The van der Waals surface area contributed by atoms with Crippen molar-refractivity contribution < 1.29 is 9.59 Å². The summed E-state index contributed by atoms with van der Waals surface area (Å²) >= 11 is 0. The standard InChI is InChI=1S/C17H14N4O2/c22-16(13-7-3-1-4-8-13)19-20-17(23)15-11-18-12-21(15)14-9-5-2-6-10-14/h1-12H,(H,19,22)(H,20,23). The van der Waals surface area contributed by atoms with Gasteiger partial charge in [-0.25, -0.2) is 4.98 Å². The Hall–Kier alpha value is -3.41. The molecule has 6 nitrogen and oxygen atoms in total. The molecule has 1 heterocycles. The molecule has 0 bridgehead atoms. The molecule has 23 heavy (non-hydrogen) atoms. The van der Waals surface area contributed by atoms with Crippen LogP contribution in [0.15, 0.2) is 73.2 Å². The van der Waals surface area contributed by atoms with E-state index in [0.29, 0.717) is 11.3 Å². The number of hydrogen-bond donors (Lipinski definition) is 2. The molecule has 2 N–H and O–H groups in total. The Labute approximate surface area is 132 Å². The van der Waals surface area contributed by atoms with Gasteiger partial charge >= 0.3 is 0 Å². The van der Waals surface area contributed by atoms with E-state index < -0.39 is 5.91 Å². The van der Waals surface area contributed by atoms with Gasteiger partial charge in [-0.15, -0.1) is 0 Å². The number of benzene rings is 2. The molecule has 3 aromatic rings. The number of amides is 2. The fraction of sp³-hybridized carbons (Fsp3) is 0. The zero-order valence-corrected chi connectivity index (χ0v) is 12.1. The molecule has 3 rings (SSSR count). The van der Waals surface area contributed by atoms with Crippen LogP contribution in [0.3, 0.4) is 0 Å². The van der Waals surface area contributed by atoms with Crippen LogP contribution in [0.25, 0.3) is 5.69 Å². The lowest BCUT2D eigenvalue weighted by Gasteiger charge is -2.09. The van der Waals surface area contributed by atoms with Crippen molar-refractivity contribution in [2.45, 2.75) is 0 Å². The molecule has 0 aliphatic heterocycles. The average molecular weight is 306 g/mol. The third-order valence-electron chi connectivity index (χ3n) is 3.23. The fourth-order valence-electron chi connectivity index (χ4n) is 2.10. The number of nitrogens with one attached hydrogen (secondary N) is 2. The molecule has 6 heteroatoms. The smallest absolute Gasteiger partial charge is 0.288 e. The van der Waals surface area contributed by atoms with E-state index in [9.17, 15) is 9.59 Å². The van der Waals surface area contributed by atoms with Crippen LogP contribution < -0.4 is 10.9 Å². The molecule has 1 aromatic heterocycles. The van der Waals surface area contributed by atoms with Crippen LogP contribution in [0.2, 0.25) is 0 Å². The molecular formula is C17H14N4O2. The third kappa shape index (κ3) is 3.26. The SMILES string of the molecule is O=C(NNC(=O)c1cncn1-c1ccccc1)c1ccccc1. The highest BCUT2D eigenvalue weighted by Crippen LogP contribution is 2.10. The van der Waals surface area contributed by atoms with Crippen molar-refractivity contribution in [1.29, 1.82) is 0 Å². The van der Waals surface area contributed by atoms with Crippen molar-refractivity contribution in [3.8, 4) is 5.69 Å². The minimum atomic E-state index is -0.448. The van der Waals surface area contributed by atoms with Crippen LogP contribution in [-0.2, 0) is 0 Å². The summed E-state index contributed by atoms with van der Waals surface area (Å²) in [7, 11) is 0. The Morgan fingerprint density at radius 2 is 1.43 bits per heavy atom. The maximum atomic E-state index is 12.2. The highest BCUT2D eigenvalue weighted by molar-refractivity contribution is 5.98. The lowest BCUT2D eigenvalue weighted by atomic mass is 10.2. The molecule has 0 aliphatic carbocycles. The van der Waals surface area contributed by atoms with Crippen LogP contribution >= 0.6 is 0 Å². The second kappa shape index (κ2) is 6.57. The Bertz CT molecular complexity index is 813. The average Bonchev–Trinajstić information content (AvgIpc) is 3.11. The maximum Gasteiger partial charge on any atom is 0.288 e. The fourth-order valence-corrected chi connectivity index (χ4v) is 2.10. The van der Waals surface area contributed by atoms with Gasteiger partial charge in [0.25, 0.3) is 11.8 Å². The molecule has 114 valence electrons. The highest BCUT2D eigenvalue weighted by Gasteiger charge is 2.14. The van der Waals surface area contributed by atoms with Crippen molar-refractivity contribution in [2.75, 3.05) is 0 Å². The summed E-state index contributed by atoms with van der Waals surface area (Å²) in [6.07, 6.45) is 2.99. The summed E-state index contributed by atoms with van der Waals surface area (Å²) < 4.78 is 1.64. The maximum absolute atomic E-state index is 12.2. The molecule has 0 radical (unpaired) electrons. The van der Waals surface area contributed by atoms with Gasteiger partial charge in [0, 0.05) is 11.3 Å². The number of para-hydroxylation sites is 1. The number of carbonyl (C=O) groups is 2. The molecule has 0 aliphatic rings. The highest BCUT2D eigenvalue weighted by atomic mass is 16.2. The first-order valence-corrected chi connectivity index (χ1v) is 6.99. The summed E-state index contributed by atoms with van der Waals surface area (Å²) in [6, 6.07) is 18.0. The molecule has 0 fully saturated rings. The number of aromatic nitrogens is 2. The number of hydrazine groups is 1. The first-order chi connectivity index (χ1) is 11.3. The van der Waals surface area contributed by atoms with E-state index in [0.717, 1.165) is 5.69 Å². The Morgan fingerprint density at radius 1 is 0.826 bits per heavy atom. The van der Waals surface area contributed by atoms with Gasteiger partial charge < -0.3 is 0 Å². The van der Waals surface area contributed by atoms with E-state index in [4.69, 9.17) is 0 Å². The van der Waals surface area contributed by atoms with Gasteiger partial charge in [-0.3, -0.25) is 25.0 Å². The molecule has 0 spiro atoms. The number of imidazole rings is 1. The zero-order valence-electron chi connectivity index (χ0n) is 12.1. The lowest BCUT2D eigenvalue weighted by Crippen LogP contribution is -2.42. The van der Waals surface area contributed by atoms with E-state index in [-0.39, 0.29) is 5.91 Å². The monoisotopic (exact) mass is 306 g/mol. The largest absolute Gasteiger partial charge is 0.295 e. The molecule has 0 unspecified atom stereocenters. The Morgan fingerprint density at radius 3 is 2.13 bits per heavy atom. The van der Waals surface area contributed by atoms with Crippen molar-refractivity contribution in [3.05, 3.63) is 84.4 Å². The first kappa shape index (κ1) is 14.5. The summed E-state index contributed by atoms with van der Waals surface area (Å²) in [4.78, 5) is 28.2. The topological polar surface area (TPSA) is 76.0 Å². The van der Waals surface area contributed by atoms with E-state index in [1.807, 2.05) is 36.4 Å². The van der Waals surface area contributed by atoms with Gasteiger partial charge in [0.2, 0.25) is 0 Å². The summed E-state index contributed by atoms with van der Waals surface area (Å²) in [5.74, 6) is -0.833. The molecule has 0 atom stereocenters. The Balaban J connectivity index is 1.70. The molecule has 2 amide bonds. The lowest BCUT2D eigenvalue weighted by molar-refractivity contribution is 0.0843. The van der Waals surface area contributed by atoms with E-state index in [2.05, 4.69) is 15.8 Å². The van der Waals surface area contributed by atoms with Crippen molar-refractivity contribution in [3.63, 3.8) is 0 Å². The molecule has 0 saturated carbocycles. The second-order valence-corrected chi connectivity index (χ2v) is 4.76. The zero-order chi connectivity index (χ0) is 16.1.